The summed E-state index contributed by atoms with van der Waals surface area (Å²) in [6, 6.07) is 0. The first-order valence-electron chi connectivity index (χ1n) is 15.9. The van der Waals surface area contributed by atoms with E-state index in [9.17, 15) is 0 Å². The molecule has 0 spiro atoms. The summed E-state index contributed by atoms with van der Waals surface area (Å²) in [5.74, 6) is 1.69. The van der Waals surface area contributed by atoms with Gasteiger partial charge >= 0.3 is 0 Å². The molecule has 0 rings (SSSR count). The molecular formula is C32H66Cl2. The Morgan fingerprint density at radius 2 is 0.382 bits per heavy atom. The number of unbranched alkanes of at least 4 members (excludes halogenated alkanes) is 26. The van der Waals surface area contributed by atoms with E-state index in [1.54, 1.807) is 0 Å². The van der Waals surface area contributed by atoms with Crippen molar-refractivity contribution in [1.29, 1.82) is 0 Å². The van der Waals surface area contributed by atoms with Crippen LogP contribution in [0.2, 0.25) is 0 Å². The van der Waals surface area contributed by atoms with Gasteiger partial charge in [-0.3, -0.25) is 0 Å². The highest BCUT2D eigenvalue weighted by atomic mass is 35.5. The van der Waals surface area contributed by atoms with Gasteiger partial charge in [-0.15, -0.1) is 23.2 Å². The van der Waals surface area contributed by atoms with Crippen LogP contribution in [-0.4, -0.2) is 11.8 Å². The van der Waals surface area contributed by atoms with Crippen LogP contribution in [0.3, 0.4) is 0 Å². The molecule has 0 saturated heterocycles. The number of hydrogen-bond acceptors (Lipinski definition) is 0. The second-order valence-corrected chi connectivity index (χ2v) is 11.3. The van der Waals surface area contributed by atoms with Crippen molar-refractivity contribution in [3.05, 3.63) is 0 Å². The lowest BCUT2D eigenvalue weighted by Crippen LogP contribution is -1.83. The van der Waals surface area contributed by atoms with E-state index < -0.39 is 0 Å². The molecule has 0 aliphatic heterocycles. The molecule has 0 aromatic heterocycles. The first-order chi connectivity index (χ1) is 16.8. The topological polar surface area (TPSA) is 0 Å². The predicted octanol–water partition coefficient (Wildman–Crippen LogP) is 13.4. The zero-order chi connectivity index (χ0) is 25.2. The fourth-order valence-electron chi connectivity index (χ4n) is 4.58. The first kappa shape index (κ1) is 36.7. The average Bonchev–Trinajstić information content (AvgIpc) is 2.85. The standard InChI is InChI=1S/2C16H33Cl/c2*1-2-3-4-5-6-7-8-9-10-11-12-13-14-15-16-17/h2*2-16H2,1H3. The van der Waals surface area contributed by atoms with Crippen molar-refractivity contribution in [2.75, 3.05) is 11.8 Å². The largest absolute Gasteiger partial charge is 0.127 e. The molecule has 0 heterocycles. The van der Waals surface area contributed by atoms with E-state index in [4.69, 9.17) is 23.2 Å². The second-order valence-electron chi connectivity index (χ2n) is 10.6. The minimum atomic E-state index is 0.845. The number of hydrogen-bond donors (Lipinski definition) is 0. The van der Waals surface area contributed by atoms with Gasteiger partial charge in [0.1, 0.15) is 0 Å². The van der Waals surface area contributed by atoms with Crippen molar-refractivity contribution in [1.82, 2.24) is 0 Å². The smallest absolute Gasteiger partial charge is 0.0223 e. The molecule has 0 saturated carbocycles. The van der Waals surface area contributed by atoms with Crippen LogP contribution in [0.5, 0.6) is 0 Å². The maximum absolute atomic E-state index is 5.64. The molecule has 2 heteroatoms. The van der Waals surface area contributed by atoms with Crippen LogP contribution < -0.4 is 0 Å². The summed E-state index contributed by atoms with van der Waals surface area (Å²) in [5.41, 5.74) is 0. The first-order valence-corrected chi connectivity index (χ1v) is 17.0. The van der Waals surface area contributed by atoms with Crippen molar-refractivity contribution in [2.24, 2.45) is 0 Å². The predicted molar refractivity (Wildman–Crippen MR) is 162 cm³/mol. The Hall–Kier alpha value is 0.580. The lowest BCUT2D eigenvalue weighted by atomic mass is 10.0. The molecule has 208 valence electrons. The van der Waals surface area contributed by atoms with Gasteiger partial charge in [-0.2, -0.15) is 0 Å². The van der Waals surface area contributed by atoms with Crippen molar-refractivity contribution < 1.29 is 0 Å². The SMILES string of the molecule is CCCCCCCCCCCCCCCCCl.CCCCCCCCCCCCCCCCCl. The highest BCUT2D eigenvalue weighted by Gasteiger charge is 1.94. The summed E-state index contributed by atoms with van der Waals surface area (Å²) in [5, 5.41) is 0. The van der Waals surface area contributed by atoms with E-state index in [2.05, 4.69) is 13.8 Å². The molecule has 0 aromatic rings. The molecule has 34 heavy (non-hydrogen) atoms. The van der Waals surface area contributed by atoms with Crippen LogP contribution in [-0.2, 0) is 0 Å². The highest BCUT2D eigenvalue weighted by molar-refractivity contribution is 6.18. The lowest BCUT2D eigenvalue weighted by Gasteiger charge is -2.02. The minimum Gasteiger partial charge on any atom is -0.127 e. The average molecular weight is 522 g/mol. The summed E-state index contributed by atoms with van der Waals surface area (Å²) in [6.07, 6.45) is 39.7. The quantitative estimate of drug-likeness (QED) is 0.0709. The fourth-order valence-corrected chi connectivity index (χ4v) is 4.96. The van der Waals surface area contributed by atoms with E-state index in [1.165, 1.54) is 180 Å². The summed E-state index contributed by atoms with van der Waals surface area (Å²) in [7, 11) is 0. The Morgan fingerprint density at radius 3 is 0.529 bits per heavy atom. The van der Waals surface area contributed by atoms with Gasteiger partial charge < -0.3 is 0 Å². The number of rotatable bonds is 28. The van der Waals surface area contributed by atoms with Gasteiger partial charge in [0.05, 0.1) is 0 Å². The van der Waals surface area contributed by atoms with Gasteiger partial charge in [0.15, 0.2) is 0 Å². The van der Waals surface area contributed by atoms with Crippen LogP contribution in [0.25, 0.3) is 0 Å². The van der Waals surface area contributed by atoms with Crippen molar-refractivity contribution in [3.8, 4) is 0 Å². The van der Waals surface area contributed by atoms with E-state index >= 15 is 0 Å². The van der Waals surface area contributed by atoms with E-state index in [0.717, 1.165) is 11.8 Å². The van der Waals surface area contributed by atoms with Crippen LogP contribution in [0, 0.1) is 0 Å². The van der Waals surface area contributed by atoms with Crippen LogP contribution in [0.1, 0.15) is 194 Å². The van der Waals surface area contributed by atoms with Crippen molar-refractivity contribution in [2.45, 2.75) is 194 Å². The van der Waals surface area contributed by atoms with Crippen LogP contribution >= 0.6 is 23.2 Å². The van der Waals surface area contributed by atoms with Gasteiger partial charge in [-0.1, -0.05) is 181 Å². The normalized spacial score (nSPS) is 10.9. The molecule has 0 fully saturated rings. The molecule has 0 unspecified atom stereocenters. The third kappa shape index (κ3) is 39.8. The Morgan fingerprint density at radius 1 is 0.235 bits per heavy atom. The second kappa shape index (κ2) is 38.1. The molecule has 0 amide bonds. The maximum Gasteiger partial charge on any atom is 0.0223 e. The molecule has 0 aliphatic rings. The minimum absolute atomic E-state index is 0.845. The highest BCUT2D eigenvalue weighted by Crippen LogP contribution is 2.14. The van der Waals surface area contributed by atoms with Gasteiger partial charge in [-0.05, 0) is 12.8 Å². The van der Waals surface area contributed by atoms with E-state index in [1.807, 2.05) is 0 Å². The van der Waals surface area contributed by atoms with Crippen LogP contribution in [0.4, 0.5) is 0 Å². The molecule has 0 aliphatic carbocycles. The zero-order valence-electron chi connectivity index (χ0n) is 24.0. The summed E-state index contributed by atoms with van der Waals surface area (Å²) >= 11 is 11.3. The Kier molecular flexibility index (Phi) is 41.2. The molecule has 0 nitrogen and oxygen atoms in total. The summed E-state index contributed by atoms with van der Waals surface area (Å²) < 4.78 is 0. The Bertz CT molecular complexity index is 247. The molecule has 0 atom stereocenters. The molecule has 0 bridgehead atoms. The van der Waals surface area contributed by atoms with Gasteiger partial charge in [-0.25, -0.2) is 0 Å². The maximum atomic E-state index is 5.64. The monoisotopic (exact) mass is 520 g/mol. The Labute approximate surface area is 228 Å². The van der Waals surface area contributed by atoms with Crippen LogP contribution in [0.15, 0.2) is 0 Å². The van der Waals surface area contributed by atoms with E-state index in [0.29, 0.717) is 0 Å². The van der Waals surface area contributed by atoms with Crippen molar-refractivity contribution >= 4 is 23.2 Å². The fraction of sp³-hybridized carbons (Fsp3) is 1.00. The Balaban J connectivity index is 0. The molecule has 0 radical (unpaired) electrons. The molecule has 0 aromatic carbocycles. The van der Waals surface area contributed by atoms with Gasteiger partial charge in [0, 0.05) is 11.8 Å². The molecule has 0 N–H and O–H groups in total. The number of alkyl halides is 2. The van der Waals surface area contributed by atoms with Gasteiger partial charge in [0.25, 0.3) is 0 Å². The summed E-state index contributed by atoms with van der Waals surface area (Å²) in [4.78, 5) is 0. The lowest BCUT2D eigenvalue weighted by molar-refractivity contribution is 0.538. The van der Waals surface area contributed by atoms with Crippen molar-refractivity contribution in [3.63, 3.8) is 0 Å². The summed E-state index contributed by atoms with van der Waals surface area (Å²) in [6.45, 7) is 4.57. The van der Waals surface area contributed by atoms with Gasteiger partial charge in [0.2, 0.25) is 0 Å². The van der Waals surface area contributed by atoms with E-state index in [-0.39, 0.29) is 0 Å². The third-order valence-corrected chi connectivity index (χ3v) is 7.51. The third-order valence-electron chi connectivity index (χ3n) is 6.97. The zero-order valence-corrected chi connectivity index (χ0v) is 25.5. The number of halogens is 2. The molecular weight excluding hydrogens is 455 g/mol.